The maximum Gasteiger partial charge on any atom is 0.00806 e. The molecule has 4 rings (SSSR count). The number of hydrogen-bond donors (Lipinski definition) is 0. The maximum atomic E-state index is 3.45. The Morgan fingerprint density at radius 3 is 2.68 bits per heavy atom. The fraction of sp³-hybridized carbons (Fsp3) is 0.111. The largest absolute Gasteiger partial charge is 0.179 e. The van der Waals surface area contributed by atoms with E-state index in [0.29, 0.717) is 5.92 Å². The molecule has 2 aromatic carbocycles. The van der Waals surface area contributed by atoms with Gasteiger partial charge in [-0.25, -0.2) is 0 Å². The minimum absolute atomic E-state index is 0. The third-order valence-corrected chi connectivity index (χ3v) is 3.91. The van der Waals surface area contributed by atoms with Crippen LogP contribution in [-0.4, -0.2) is 0 Å². The minimum Gasteiger partial charge on any atom is -0.179 e. The summed E-state index contributed by atoms with van der Waals surface area (Å²) < 4.78 is 0. The summed E-state index contributed by atoms with van der Waals surface area (Å²) in [5, 5.41) is 0. The van der Waals surface area contributed by atoms with Crippen LogP contribution in [0, 0.1) is 6.07 Å². The Bertz CT molecular complexity index is 634. The zero-order valence-corrected chi connectivity index (χ0v) is 14.2. The summed E-state index contributed by atoms with van der Waals surface area (Å²) in [6, 6.07) is 18.5. The Hall–Kier alpha value is -1.21. The van der Waals surface area contributed by atoms with Crippen LogP contribution in [-0.2, 0) is 25.8 Å². The Morgan fingerprint density at radius 1 is 1.00 bits per heavy atom. The van der Waals surface area contributed by atoms with E-state index in [1.165, 1.54) is 27.8 Å². The van der Waals surface area contributed by atoms with Crippen LogP contribution in [0.15, 0.2) is 66.3 Å². The molecule has 0 heterocycles. The van der Waals surface area contributed by atoms with E-state index in [2.05, 4.69) is 60.7 Å². The van der Waals surface area contributed by atoms with Crippen LogP contribution in [0.3, 0.4) is 0 Å². The van der Waals surface area contributed by atoms with Gasteiger partial charge in [0.15, 0.2) is 0 Å². The van der Waals surface area contributed by atoms with Crippen molar-refractivity contribution in [3.8, 4) is 11.1 Å². The molecule has 1 heteroatoms. The van der Waals surface area contributed by atoms with Gasteiger partial charge in [0.25, 0.3) is 0 Å². The second-order valence-corrected chi connectivity index (χ2v) is 4.89. The average molecular weight is 408 g/mol. The van der Waals surface area contributed by atoms with Gasteiger partial charge in [-0.2, -0.15) is 24.3 Å². The summed E-state index contributed by atoms with van der Waals surface area (Å²) in [5.74, 6) is 0.410. The van der Waals surface area contributed by atoms with E-state index in [1.807, 2.05) is 6.07 Å². The fourth-order valence-electron chi connectivity index (χ4n) is 3.14. The molecule has 0 N–H and O–H groups in total. The Labute approximate surface area is 132 Å². The first-order valence-corrected chi connectivity index (χ1v) is 6.40. The molecule has 0 aliphatic heterocycles. The van der Waals surface area contributed by atoms with Crippen molar-refractivity contribution >= 4 is 0 Å². The molecule has 0 radical (unpaired) electrons. The van der Waals surface area contributed by atoms with Gasteiger partial charge in [0.05, 0.1) is 0 Å². The quantitative estimate of drug-likeness (QED) is 0.483. The smallest absolute Gasteiger partial charge is 0.00806 e. The van der Waals surface area contributed by atoms with E-state index in [0.717, 1.165) is 6.42 Å². The van der Waals surface area contributed by atoms with Crippen LogP contribution in [0.4, 0.5) is 0 Å². The van der Waals surface area contributed by atoms with Crippen molar-refractivity contribution in [2.45, 2.75) is 12.3 Å². The molecule has 0 fully saturated rings. The molecule has 90 valence electrons. The van der Waals surface area contributed by atoms with Crippen molar-refractivity contribution in [1.82, 2.24) is 0 Å². The van der Waals surface area contributed by atoms with E-state index < -0.39 is 0 Å². The summed E-state index contributed by atoms with van der Waals surface area (Å²) in [7, 11) is 0. The molecule has 2 aromatic rings. The third kappa shape index (κ3) is 1.92. The molecular formula is C18H13Hf-. The first-order valence-electron chi connectivity index (χ1n) is 6.40. The van der Waals surface area contributed by atoms with E-state index in [1.54, 1.807) is 0 Å². The SMILES string of the molecule is [Hf].[c-]1cccc2c1C(C1=CC=CC1)c1ccccc1-2. The van der Waals surface area contributed by atoms with E-state index >= 15 is 0 Å². The summed E-state index contributed by atoms with van der Waals surface area (Å²) in [5.41, 5.74) is 7.00. The van der Waals surface area contributed by atoms with Crippen molar-refractivity contribution in [1.29, 1.82) is 0 Å². The average Bonchev–Trinajstić information content (AvgIpc) is 3.03. The van der Waals surface area contributed by atoms with E-state index in [-0.39, 0.29) is 25.8 Å². The molecular weight excluding hydrogens is 395 g/mol. The summed E-state index contributed by atoms with van der Waals surface area (Å²) in [4.78, 5) is 0. The third-order valence-electron chi connectivity index (χ3n) is 3.91. The van der Waals surface area contributed by atoms with Crippen LogP contribution in [0.2, 0.25) is 0 Å². The topological polar surface area (TPSA) is 0 Å². The zero-order chi connectivity index (χ0) is 11.9. The Kier molecular flexibility index (Phi) is 3.40. The van der Waals surface area contributed by atoms with E-state index in [4.69, 9.17) is 0 Å². The second kappa shape index (κ2) is 5.05. The van der Waals surface area contributed by atoms with Gasteiger partial charge in [-0.05, 0) is 12.0 Å². The molecule has 0 spiro atoms. The molecule has 2 aliphatic carbocycles. The normalized spacial score (nSPS) is 18.5. The van der Waals surface area contributed by atoms with Crippen LogP contribution in [0.5, 0.6) is 0 Å². The number of allylic oxidation sites excluding steroid dienone is 4. The summed E-state index contributed by atoms with van der Waals surface area (Å²) >= 11 is 0. The van der Waals surface area contributed by atoms with Crippen LogP contribution in [0.25, 0.3) is 11.1 Å². The van der Waals surface area contributed by atoms with Gasteiger partial charge in [-0.1, -0.05) is 53.6 Å². The molecule has 19 heavy (non-hydrogen) atoms. The number of hydrogen-bond acceptors (Lipinski definition) is 0. The molecule has 0 nitrogen and oxygen atoms in total. The molecule has 0 saturated heterocycles. The monoisotopic (exact) mass is 409 g/mol. The fourth-order valence-corrected chi connectivity index (χ4v) is 3.14. The van der Waals surface area contributed by atoms with E-state index in [9.17, 15) is 0 Å². The van der Waals surface area contributed by atoms with Crippen molar-refractivity contribution in [3.63, 3.8) is 0 Å². The van der Waals surface area contributed by atoms with Crippen LogP contribution in [0.1, 0.15) is 23.5 Å². The van der Waals surface area contributed by atoms with Gasteiger partial charge in [-0.3, -0.25) is 0 Å². The van der Waals surface area contributed by atoms with Crippen molar-refractivity contribution in [2.24, 2.45) is 0 Å². The molecule has 0 bridgehead atoms. The predicted octanol–water partition coefficient (Wildman–Crippen LogP) is 4.48. The standard InChI is InChI=1S/C18H13.Hf/c1-2-8-13(7-1)18-16-11-5-3-9-14(16)15-10-4-6-12-17(15)18;/h1-7,9-11,18H,8H2;/q-1;. The molecule has 1 unspecified atom stereocenters. The predicted molar refractivity (Wildman–Crippen MR) is 74.4 cm³/mol. The zero-order valence-electron chi connectivity index (χ0n) is 10.6. The first kappa shape index (κ1) is 12.8. The van der Waals surface area contributed by atoms with Crippen molar-refractivity contribution in [2.75, 3.05) is 0 Å². The summed E-state index contributed by atoms with van der Waals surface area (Å²) in [6.07, 6.45) is 7.73. The minimum atomic E-state index is 0. The number of rotatable bonds is 1. The first-order chi connectivity index (χ1) is 8.95. The second-order valence-electron chi connectivity index (χ2n) is 4.89. The molecule has 0 amide bonds. The Morgan fingerprint density at radius 2 is 1.84 bits per heavy atom. The van der Waals surface area contributed by atoms with Crippen LogP contribution < -0.4 is 0 Å². The van der Waals surface area contributed by atoms with Gasteiger partial charge in [0.1, 0.15) is 0 Å². The van der Waals surface area contributed by atoms with Crippen molar-refractivity contribution < 1.29 is 25.8 Å². The molecule has 0 aromatic heterocycles. The van der Waals surface area contributed by atoms with Gasteiger partial charge >= 0.3 is 0 Å². The molecule has 0 saturated carbocycles. The van der Waals surface area contributed by atoms with Gasteiger partial charge in [0.2, 0.25) is 0 Å². The maximum absolute atomic E-state index is 3.45. The Balaban J connectivity index is 0.00000110. The summed E-state index contributed by atoms with van der Waals surface area (Å²) in [6.45, 7) is 0. The van der Waals surface area contributed by atoms with Crippen LogP contribution >= 0.6 is 0 Å². The van der Waals surface area contributed by atoms with Gasteiger partial charge in [0, 0.05) is 31.8 Å². The van der Waals surface area contributed by atoms with Crippen molar-refractivity contribution in [3.05, 3.63) is 83.5 Å². The van der Waals surface area contributed by atoms with Gasteiger partial charge in [-0.15, -0.1) is 11.1 Å². The molecule has 2 aliphatic rings. The molecule has 1 atom stereocenters. The number of benzene rings is 2. The van der Waals surface area contributed by atoms with Gasteiger partial charge < -0.3 is 0 Å². The number of fused-ring (bicyclic) bond motifs is 3.